The number of rotatable bonds is 4. The molecule has 0 aliphatic rings. The molecule has 2 aromatic rings. The lowest BCUT2D eigenvalue weighted by atomic mass is 10.2. The number of nitrogens with two attached hydrogens (primary N) is 1. The van der Waals surface area contributed by atoms with Crippen LogP contribution in [0.1, 0.15) is 5.89 Å². The summed E-state index contributed by atoms with van der Waals surface area (Å²) in [6.45, 7) is 0. The topological polar surface area (TPSA) is 64.9 Å². The monoisotopic (exact) mass is 235 g/mol. The molecule has 4 nitrogen and oxygen atoms in total. The van der Waals surface area contributed by atoms with Gasteiger partial charge in [0.05, 0.1) is 0 Å². The second-order valence-corrected chi connectivity index (χ2v) is 4.33. The van der Waals surface area contributed by atoms with Crippen LogP contribution in [0.4, 0.5) is 5.69 Å². The van der Waals surface area contributed by atoms with E-state index >= 15 is 0 Å². The Morgan fingerprint density at radius 1 is 1.38 bits per heavy atom. The number of aryl methyl sites for hydroxylation is 1. The van der Waals surface area contributed by atoms with Crippen molar-refractivity contribution in [1.29, 1.82) is 0 Å². The highest BCUT2D eigenvalue weighted by Gasteiger charge is 2.10. The Hall–Kier alpha value is -1.49. The normalized spacial score (nSPS) is 10.6. The number of hydrogen-bond donors (Lipinski definition) is 1. The van der Waals surface area contributed by atoms with Gasteiger partial charge in [-0.2, -0.15) is 16.7 Å². The van der Waals surface area contributed by atoms with Crippen molar-refractivity contribution in [3.8, 4) is 11.4 Å². The van der Waals surface area contributed by atoms with Crippen LogP contribution in [0.25, 0.3) is 11.4 Å². The molecule has 2 N–H and O–H groups in total. The van der Waals surface area contributed by atoms with Gasteiger partial charge in [-0.15, -0.1) is 0 Å². The average molecular weight is 235 g/mol. The van der Waals surface area contributed by atoms with E-state index in [1.165, 1.54) is 0 Å². The Morgan fingerprint density at radius 2 is 2.19 bits per heavy atom. The van der Waals surface area contributed by atoms with Crippen LogP contribution in [0, 0.1) is 0 Å². The van der Waals surface area contributed by atoms with Crippen molar-refractivity contribution in [2.45, 2.75) is 6.42 Å². The number of hydrogen-bond acceptors (Lipinski definition) is 5. The summed E-state index contributed by atoms with van der Waals surface area (Å²) in [7, 11) is 0. The molecule has 0 atom stereocenters. The molecule has 5 heteroatoms. The van der Waals surface area contributed by atoms with Crippen molar-refractivity contribution in [2.24, 2.45) is 0 Å². The third-order valence-electron chi connectivity index (χ3n) is 2.19. The molecule has 0 aliphatic carbocycles. The Kier molecular flexibility index (Phi) is 3.46. The van der Waals surface area contributed by atoms with Gasteiger partial charge in [0.25, 0.3) is 0 Å². The zero-order valence-corrected chi connectivity index (χ0v) is 9.83. The number of benzene rings is 1. The molecule has 0 saturated heterocycles. The van der Waals surface area contributed by atoms with Gasteiger partial charge in [-0.3, -0.25) is 0 Å². The van der Waals surface area contributed by atoms with Crippen LogP contribution in [0.5, 0.6) is 0 Å². The van der Waals surface area contributed by atoms with Crippen molar-refractivity contribution in [2.75, 3.05) is 17.7 Å². The molecule has 1 aromatic carbocycles. The van der Waals surface area contributed by atoms with E-state index in [1.807, 2.05) is 30.5 Å². The molecule has 0 fully saturated rings. The average Bonchev–Trinajstić information content (AvgIpc) is 2.75. The SMILES string of the molecule is CSCCc1nc(-c2ccccc2N)no1. The molecule has 1 aromatic heterocycles. The fraction of sp³-hybridized carbons (Fsp3) is 0.273. The number of para-hydroxylation sites is 1. The summed E-state index contributed by atoms with van der Waals surface area (Å²) >= 11 is 1.75. The molecule has 0 spiro atoms. The van der Waals surface area contributed by atoms with Gasteiger partial charge in [0.2, 0.25) is 11.7 Å². The number of aromatic nitrogens is 2. The highest BCUT2D eigenvalue weighted by molar-refractivity contribution is 7.98. The molecule has 1 heterocycles. The summed E-state index contributed by atoms with van der Waals surface area (Å²) in [5, 5.41) is 3.92. The first kappa shape index (κ1) is 11.0. The minimum atomic E-state index is 0.564. The quantitative estimate of drug-likeness (QED) is 0.823. The maximum Gasteiger partial charge on any atom is 0.227 e. The van der Waals surface area contributed by atoms with Crippen molar-refractivity contribution >= 4 is 17.4 Å². The predicted molar refractivity (Wildman–Crippen MR) is 66.2 cm³/mol. The number of nitrogens with zero attached hydrogens (tertiary/aromatic N) is 2. The zero-order chi connectivity index (χ0) is 11.4. The Labute approximate surface area is 98.2 Å². The van der Waals surface area contributed by atoms with E-state index in [0.717, 1.165) is 17.7 Å². The van der Waals surface area contributed by atoms with Crippen LogP contribution in [-0.4, -0.2) is 22.1 Å². The molecule has 16 heavy (non-hydrogen) atoms. The van der Waals surface area contributed by atoms with Gasteiger partial charge in [-0.1, -0.05) is 17.3 Å². The van der Waals surface area contributed by atoms with Gasteiger partial charge in [-0.25, -0.2) is 0 Å². The Balaban J connectivity index is 2.22. The third kappa shape index (κ3) is 2.36. The molecule has 2 rings (SSSR count). The lowest BCUT2D eigenvalue weighted by molar-refractivity contribution is 0.383. The zero-order valence-electron chi connectivity index (χ0n) is 9.01. The van der Waals surface area contributed by atoms with Gasteiger partial charge in [0.1, 0.15) is 0 Å². The Bertz CT molecular complexity index is 470. The van der Waals surface area contributed by atoms with Gasteiger partial charge in [0.15, 0.2) is 0 Å². The molecule has 0 aliphatic heterocycles. The minimum Gasteiger partial charge on any atom is -0.398 e. The molecular formula is C11H13N3OS. The first-order chi connectivity index (χ1) is 7.81. The van der Waals surface area contributed by atoms with Crippen molar-refractivity contribution in [3.05, 3.63) is 30.2 Å². The highest BCUT2D eigenvalue weighted by Crippen LogP contribution is 2.22. The second kappa shape index (κ2) is 5.03. The summed E-state index contributed by atoms with van der Waals surface area (Å²) in [5.41, 5.74) is 7.32. The van der Waals surface area contributed by atoms with E-state index in [9.17, 15) is 0 Å². The van der Waals surface area contributed by atoms with E-state index < -0.39 is 0 Å². The molecule has 0 unspecified atom stereocenters. The summed E-state index contributed by atoms with van der Waals surface area (Å²) in [4.78, 5) is 4.31. The van der Waals surface area contributed by atoms with E-state index in [4.69, 9.17) is 10.3 Å². The molecule has 0 amide bonds. The van der Waals surface area contributed by atoms with E-state index in [0.29, 0.717) is 17.4 Å². The summed E-state index contributed by atoms with van der Waals surface area (Å²) in [6.07, 6.45) is 2.84. The fourth-order valence-electron chi connectivity index (χ4n) is 1.36. The van der Waals surface area contributed by atoms with Crippen LogP contribution in [0.3, 0.4) is 0 Å². The first-order valence-electron chi connectivity index (χ1n) is 4.97. The first-order valence-corrected chi connectivity index (χ1v) is 6.37. The van der Waals surface area contributed by atoms with Crippen LogP contribution in [0.15, 0.2) is 28.8 Å². The summed E-state index contributed by atoms with van der Waals surface area (Å²) in [6, 6.07) is 7.50. The summed E-state index contributed by atoms with van der Waals surface area (Å²) < 4.78 is 5.15. The smallest absolute Gasteiger partial charge is 0.227 e. The van der Waals surface area contributed by atoms with Gasteiger partial charge in [0, 0.05) is 23.4 Å². The molecular weight excluding hydrogens is 222 g/mol. The van der Waals surface area contributed by atoms with E-state index in [-0.39, 0.29) is 0 Å². The van der Waals surface area contributed by atoms with Gasteiger partial charge in [-0.05, 0) is 18.4 Å². The van der Waals surface area contributed by atoms with Crippen LogP contribution >= 0.6 is 11.8 Å². The number of thioether (sulfide) groups is 1. The lowest BCUT2D eigenvalue weighted by Crippen LogP contribution is -1.91. The van der Waals surface area contributed by atoms with Gasteiger partial charge < -0.3 is 10.3 Å². The van der Waals surface area contributed by atoms with Crippen LogP contribution in [-0.2, 0) is 6.42 Å². The van der Waals surface area contributed by atoms with Crippen molar-refractivity contribution in [3.63, 3.8) is 0 Å². The molecule has 0 bridgehead atoms. The van der Waals surface area contributed by atoms with E-state index in [1.54, 1.807) is 11.8 Å². The minimum absolute atomic E-state index is 0.564. The fourth-order valence-corrected chi connectivity index (χ4v) is 1.73. The van der Waals surface area contributed by atoms with Gasteiger partial charge >= 0.3 is 0 Å². The Morgan fingerprint density at radius 3 is 2.94 bits per heavy atom. The maximum atomic E-state index is 5.84. The maximum absolute atomic E-state index is 5.84. The van der Waals surface area contributed by atoms with E-state index in [2.05, 4.69) is 10.1 Å². The van der Waals surface area contributed by atoms with Crippen molar-refractivity contribution < 1.29 is 4.52 Å². The number of nitrogen functional groups attached to an aromatic ring is 1. The van der Waals surface area contributed by atoms with Crippen LogP contribution < -0.4 is 5.73 Å². The molecule has 0 radical (unpaired) electrons. The highest BCUT2D eigenvalue weighted by atomic mass is 32.2. The lowest BCUT2D eigenvalue weighted by Gasteiger charge is -1.97. The third-order valence-corrected chi connectivity index (χ3v) is 2.80. The predicted octanol–water partition coefficient (Wildman–Crippen LogP) is 2.22. The standard InChI is InChI=1S/C11H13N3OS/c1-16-7-6-10-13-11(14-15-10)8-4-2-3-5-9(8)12/h2-5H,6-7,12H2,1H3. The second-order valence-electron chi connectivity index (χ2n) is 3.34. The van der Waals surface area contributed by atoms with Crippen LogP contribution in [0.2, 0.25) is 0 Å². The number of anilines is 1. The van der Waals surface area contributed by atoms with Crippen molar-refractivity contribution in [1.82, 2.24) is 10.1 Å². The molecule has 0 saturated carbocycles. The largest absolute Gasteiger partial charge is 0.398 e. The molecule has 84 valence electrons. The summed E-state index contributed by atoms with van der Waals surface area (Å²) in [5.74, 6) is 2.20.